The maximum Gasteiger partial charge on any atom is 0.260 e. The van der Waals surface area contributed by atoms with Gasteiger partial charge in [-0.2, -0.15) is 5.26 Å². The second-order valence-corrected chi connectivity index (χ2v) is 6.73. The van der Waals surface area contributed by atoms with Crippen LogP contribution in [0.25, 0.3) is 0 Å². The zero-order valence-electron chi connectivity index (χ0n) is 16.4. The third-order valence-electron chi connectivity index (χ3n) is 4.93. The minimum absolute atomic E-state index is 0.0634. The molecule has 0 bridgehead atoms. The number of ether oxygens (including phenoxy) is 2. The number of amides is 1. The number of carbonyl (C=O) groups excluding carboxylic acids is 1. The van der Waals surface area contributed by atoms with Crippen LogP contribution in [0.1, 0.15) is 22.6 Å². The Balaban J connectivity index is 1.50. The van der Waals surface area contributed by atoms with Gasteiger partial charge in [-0.3, -0.25) is 9.69 Å². The molecule has 148 valence electrons. The van der Waals surface area contributed by atoms with E-state index in [1.165, 1.54) is 7.11 Å². The van der Waals surface area contributed by atoms with Crippen LogP contribution in [-0.2, 0) is 11.3 Å². The van der Waals surface area contributed by atoms with E-state index in [4.69, 9.17) is 19.3 Å². The number of benzene rings is 1. The van der Waals surface area contributed by atoms with Gasteiger partial charge >= 0.3 is 0 Å². The molecule has 0 saturated carbocycles. The highest BCUT2D eigenvalue weighted by molar-refractivity contribution is 5.78. The lowest BCUT2D eigenvalue weighted by atomic mass is 10.2. The summed E-state index contributed by atoms with van der Waals surface area (Å²) < 4.78 is 16.1. The summed E-state index contributed by atoms with van der Waals surface area (Å²) in [5.41, 5.74) is 2.52. The molecule has 2 aromatic rings. The van der Waals surface area contributed by atoms with Gasteiger partial charge in [-0.15, -0.1) is 0 Å². The van der Waals surface area contributed by atoms with Gasteiger partial charge < -0.3 is 18.9 Å². The van der Waals surface area contributed by atoms with Crippen molar-refractivity contribution >= 4 is 5.91 Å². The molecule has 8 heteroatoms. The Bertz CT molecular complexity index is 859. The largest absolute Gasteiger partial charge is 0.493 e. The van der Waals surface area contributed by atoms with E-state index in [2.05, 4.69) is 10.1 Å². The fraction of sp³-hybridized carbons (Fsp3) is 0.450. The first-order valence-corrected chi connectivity index (χ1v) is 9.14. The minimum atomic E-state index is -0.0663. The molecular formula is C20H24N4O4. The summed E-state index contributed by atoms with van der Waals surface area (Å²) in [5, 5.41) is 12.9. The summed E-state index contributed by atoms with van der Waals surface area (Å²) in [6.07, 6.45) is 0. The molecule has 0 atom stereocenters. The number of nitriles is 1. The molecular weight excluding hydrogens is 360 g/mol. The Hall–Kier alpha value is -3.05. The van der Waals surface area contributed by atoms with E-state index in [0.717, 1.165) is 36.7 Å². The molecule has 0 radical (unpaired) electrons. The van der Waals surface area contributed by atoms with Crippen molar-refractivity contribution in [3.8, 4) is 17.6 Å². The van der Waals surface area contributed by atoms with Gasteiger partial charge in [-0.25, -0.2) is 0 Å². The second kappa shape index (κ2) is 8.76. The van der Waals surface area contributed by atoms with Crippen LogP contribution in [0.3, 0.4) is 0 Å². The highest BCUT2D eigenvalue weighted by Gasteiger charge is 2.23. The summed E-state index contributed by atoms with van der Waals surface area (Å²) in [4.78, 5) is 16.6. The number of hydrogen-bond acceptors (Lipinski definition) is 7. The fourth-order valence-corrected chi connectivity index (χ4v) is 3.19. The molecule has 1 saturated heterocycles. The number of aromatic nitrogens is 1. The molecule has 28 heavy (non-hydrogen) atoms. The van der Waals surface area contributed by atoms with Crippen LogP contribution in [0.15, 0.2) is 22.7 Å². The molecule has 8 nitrogen and oxygen atoms in total. The number of rotatable bonds is 6. The summed E-state index contributed by atoms with van der Waals surface area (Å²) in [6.45, 7) is 7.46. The number of carbonyl (C=O) groups is 1. The number of aryl methyl sites for hydroxylation is 2. The maximum atomic E-state index is 12.5. The van der Waals surface area contributed by atoms with Crippen molar-refractivity contribution in [2.75, 3.05) is 39.9 Å². The highest BCUT2D eigenvalue weighted by Crippen LogP contribution is 2.27. The molecule has 1 aliphatic heterocycles. The lowest BCUT2D eigenvalue weighted by Gasteiger charge is -2.34. The predicted molar refractivity (Wildman–Crippen MR) is 101 cm³/mol. The lowest BCUT2D eigenvalue weighted by Crippen LogP contribution is -2.49. The van der Waals surface area contributed by atoms with Gasteiger partial charge in [0, 0.05) is 44.4 Å². The fourth-order valence-electron chi connectivity index (χ4n) is 3.19. The van der Waals surface area contributed by atoms with E-state index < -0.39 is 0 Å². The third kappa shape index (κ3) is 4.43. The Labute approximate surface area is 164 Å². The van der Waals surface area contributed by atoms with Crippen LogP contribution in [0.2, 0.25) is 0 Å². The molecule has 1 aromatic heterocycles. The van der Waals surface area contributed by atoms with Crippen LogP contribution in [0.4, 0.5) is 0 Å². The van der Waals surface area contributed by atoms with E-state index in [1.807, 2.05) is 19.9 Å². The molecule has 1 aromatic carbocycles. The van der Waals surface area contributed by atoms with Gasteiger partial charge in [0.05, 0.1) is 24.4 Å². The Morgan fingerprint density at radius 2 is 2.00 bits per heavy atom. The summed E-state index contributed by atoms with van der Waals surface area (Å²) in [5.74, 6) is 1.67. The molecule has 1 amide bonds. The summed E-state index contributed by atoms with van der Waals surface area (Å²) in [6, 6.07) is 6.92. The molecule has 0 aliphatic carbocycles. The molecule has 0 unspecified atom stereocenters. The van der Waals surface area contributed by atoms with Crippen molar-refractivity contribution in [3.05, 3.63) is 40.8 Å². The van der Waals surface area contributed by atoms with Crippen molar-refractivity contribution in [2.24, 2.45) is 0 Å². The van der Waals surface area contributed by atoms with Gasteiger partial charge in [0.15, 0.2) is 18.1 Å². The summed E-state index contributed by atoms with van der Waals surface area (Å²) >= 11 is 0. The number of hydrogen-bond donors (Lipinski definition) is 0. The van der Waals surface area contributed by atoms with Gasteiger partial charge in [-0.1, -0.05) is 5.16 Å². The van der Waals surface area contributed by atoms with E-state index in [-0.39, 0.29) is 12.5 Å². The van der Waals surface area contributed by atoms with Gasteiger partial charge in [-0.05, 0) is 26.0 Å². The van der Waals surface area contributed by atoms with Crippen molar-refractivity contribution < 1.29 is 18.8 Å². The highest BCUT2D eigenvalue weighted by atomic mass is 16.5. The van der Waals surface area contributed by atoms with Crippen molar-refractivity contribution in [1.82, 2.24) is 15.0 Å². The van der Waals surface area contributed by atoms with Gasteiger partial charge in [0.2, 0.25) is 0 Å². The minimum Gasteiger partial charge on any atom is -0.493 e. The van der Waals surface area contributed by atoms with Crippen LogP contribution in [0.5, 0.6) is 11.5 Å². The Morgan fingerprint density at radius 1 is 1.25 bits per heavy atom. The first kappa shape index (κ1) is 19.7. The monoisotopic (exact) mass is 384 g/mol. The van der Waals surface area contributed by atoms with Gasteiger partial charge in [0.1, 0.15) is 5.76 Å². The zero-order valence-corrected chi connectivity index (χ0v) is 16.4. The van der Waals surface area contributed by atoms with E-state index in [1.54, 1.807) is 23.1 Å². The average Bonchev–Trinajstić information content (AvgIpc) is 3.04. The lowest BCUT2D eigenvalue weighted by molar-refractivity contribution is -0.135. The molecule has 3 rings (SSSR count). The van der Waals surface area contributed by atoms with Crippen LogP contribution in [0, 0.1) is 25.2 Å². The van der Waals surface area contributed by atoms with Crippen molar-refractivity contribution in [2.45, 2.75) is 20.4 Å². The number of methoxy groups -OCH3 is 1. The van der Waals surface area contributed by atoms with Crippen LogP contribution in [-0.4, -0.2) is 60.8 Å². The summed E-state index contributed by atoms with van der Waals surface area (Å²) in [7, 11) is 1.50. The van der Waals surface area contributed by atoms with E-state index >= 15 is 0 Å². The molecule has 1 fully saturated rings. The quantitative estimate of drug-likeness (QED) is 0.751. The normalized spacial score (nSPS) is 14.6. The first-order valence-electron chi connectivity index (χ1n) is 9.14. The first-order chi connectivity index (χ1) is 13.5. The Morgan fingerprint density at radius 3 is 2.61 bits per heavy atom. The third-order valence-corrected chi connectivity index (χ3v) is 4.93. The SMILES string of the molecule is COc1cc(C#N)ccc1OCC(=O)N1CCN(Cc2c(C)noc2C)CC1. The van der Waals surface area contributed by atoms with Crippen molar-refractivity contribution in [3.63, 3.8) is 0 Å². The molecule has 0 N–H and O–H groups in total. The molecule has 1 aliphatic rings. The number of piperazine rings is 1. The molecule has 2 heterocycles. The van der Waals surface area contributed by atoms with Crippen molar-refractivity contribution in [1.29, 1.82) is 5.26 Å². The smallest absolute Gasteiger partial charge is 0.260 e. The molecule has 0 spiro atoms. The average molecular weight is 384 g/mol. The van der Waals surface area contributed by atoms with Crippen LogP contribution < -0.4 is 9.47 Å². The Kier molecular flexibility index (Phi) is 6.16. The topological polar surface area (TPSA) is 91.8 Å². The van der Waals surface area contributed by atoms with E-state index in [9.17, 15) is 4.79 Å². The van der Waals surface area contributed by atoms with E-state index in [0.29, 0.717) is 30.2 Å². The predicted octanol–water partition coefficient (Wildman–Crippen LogP) is 1.89. The van der Waals surface area contributed by atoms with Gasteiger partial charge in [0.25, 0.3) is 5.91 Å². The maximum absolute atomic E-state index is 12.5. The van der Waals surface area contributed by atoms with Crippen LogP contribution >= 0.6 is 0 Å². The number of nitrogens with zero attached hydrogens (tertiary/aromatic N) is 4. The standard InChI is InChI=1S/C20H24N4O4/c1-14-17(15(2)28-22-14)12-23-6-8-24(9-7-23)20(25)13-27-18-5-4-16(11-21)10-19(18)26-3/h4-5,10H,6-9,12-13H2,1-3H3. The zero-order chi connectivity index (χ0) is 20.1. The second-order valence-electron chi connectivity index (χ2n) is 6.73.